The smallest absolute Gasteiger partial charge is 0.219 e. The summed E-state index contributed by atoms with van der Waals surface area (Å²) in [6.45, 7) is 7.79. The van der Waals surface area contributed by atoms with E-state index in [9.17, 15) is 4.79 Å². The number of rotatable bonds is 3. The first-order chi connectivity index (χ1) is 12.6. The SMILES string of the molecule is CC(=O)N1C[C@@H](c2cccc(C)c2)[C@@H]2CN(Cc3ccncc3)CC[C@@H]21. The molecule has 2 aromatic rings. The largest absolute Gasteiger partial charge is 0.339 e. The zero-order chi connectivity index (χ0) is 18.1. The minimum Gasteiger partial charge on any atom is -0.339 e. The maximum Gasteiger partial charge on any atom is 0.219 e. The Kier molecular flexibility index (Phi) is 4.77. The highest BCUT2D eigenvalue weighted by Crippen LogP contribution is 2.41. The van der Waals surface area contributed by atoms with Gasteiger partial charge >= 0.3 is 0 Å². The summed E-state index contributed by atoms with van der Waals surface area (Å²) in [6, 6.07) is 13.4. The maximum atomic E-state index is 12.2. The van der Waals surface area contributed by atoms with Gasteiger partial charge in [0.25, 0.3) is 0 Å². The van der Waals surface area contributed by atoms with E-state index in [1.807, 2.05) is 12.4 Å². The van der Waals surface area contributed by atoms with E-state index in [4.69, 9.17) is 0 Å². The minimum atomic E-state index is 0.220. The first kappa shape index (κ1) is 17.2. The van der Waals surface area contributed by atoms with Crippen LogP contribution < -0.4 is 0 Å². The van der Waals surface area contributed by atoms with Crippen LogP contribution in [0.5, 0.6) is 0 Å². The highest BCUT2D eigenvalue weighted by atomic mass is 16.2. The standard InChI is InChI=1S/C22H27N3O/c1-16-4-3-5-19(12-16)20-15-25(17(2)26)22-8-11-24(14-21(20)22)13-18-6-9-23-10-7-18/h3-7,9-10,12,20-22H,8,11,13-15H2,1-2H3/t20-,21-,22-/m0/s1. The van der Waals surface area contributed by atoms with Crippen LogP contribution in [0.4, 0.5) is 0 Å². The first-order valence-electron chi connectivity index (χ1n) is 9.57. The summed E-state index contributed by atoms with van der Waals surface area (Å²) in [6.07, 6.45) is 4.80. The molecule has 0 N–H and O–H groups in total. The molecule has 4 heteroatoms. The zero-order valence-electron chi connectivity index (χ0n) is 15.6. The molecule has 0 saturated carbocycles. The summed E-state index contributed by atoms with van der Waals surface area (Å²) in [5.41, 5.74) is 3.99. The van der Waals surface area contributed by atoms with Gasteiger partial charge in [0.15, 0.2) is 0 Å². The molecule has 0 spiro atoms. The second-order valence-corrected chi connectivity index (χ2v) is 7.80. The van der Waals surface area contributed by atoms with Crippen molar-refractivity contribution >= 4 is 5.91 Å². The van der Waals surface area contributed by atoms with Crippen LogP contribution in [0.15, 0.2) is 48.8 Å². The van der Waals surface area contributed by atoms with Crippen LogP contribution in [0, 0.1) is 12.8 Å². The molecule has 2 saturated heterocycles. The molecule has 1 amide bonds. The topological polar surface area (TPSA) is 36.4 Å². The van der Waals surface area contributed by atoms with Crippen molar-refractivity contribution in [1.29, 1.82) is 0 Å². The summed E-state index contributed by atoms with van der Waals surface area (Å²) in [7, 11) is 0. The van der Waals surface area contributed by atoms with Crippen molar-refractivity contribution in [1.82, 2.24) is 14.8 Å². The average Bonchev–Trinajstić information content (AvgIpc) is 3.02. The second kappa shape index (κ2) is 7.20. The van der Waals surface area contributed by atoms with Crippen LogP contribution in [0.3, 0.4) is 0 Å². The van der Waals surface area contributed by atoms with Crippen molar-refractivity contribution in [2.75, 3.05) is 19.6 Å². The normalized spacial score (nSPS) is 25.9. The molecule has 136 valence electrons. The van der Waals surface area contributed by atoms with Gasteiger partial charge in [-0.25, -0.2) is 0 Å². The number of pyridine rings is 1. The Balaban J connectivity index is 1.57. The number of aryl methyl sites for hydroxylation is 1. The number of likely N-dealkylation sites (tertiary alicyclic amines) is 2. The molecular weight excluding hydrogens is 322 g/mol. The van der Waals surface area contributed by atoms with Crippen molar-refractivity contribution < 1.29 is 4.79 Å². The van der Waals surface area contributed by atoms with Gasteiger partial charge in [0.2, 0.25) is 5.91 Å². The van der Waals surface area contributed by atoms with Gasteiger partial charge in [-0.05, 0) is 36.6 Å². The Bertz CT molecular complexity index is 776. The van der Waals surface area contributed by atoms with E-state index in [2.05, 4.69) is 58.1 Å². The number of nitrogens with zero attached hydrogens (tertiary/aromatic N) is 3. The van der Waals surface area contributed by atoms with E-state index in [1.54, 1.807) is 6.92 Å². The molecular formula is C22H27N3O. The number of carbonyl (C=O) groups is 1. The Labute approximate surface area is 155 Å². The summed E-state index contributed by atoms with van der Waals surface area (Å²) < 4.78 is 0. The number of amides is 1. The summed E-state index contributed by atoms with van der Waals surface area (Å²) in [5, 5.41) is 0. The molecule has 4 rings (SSSR count). The van der Waals surface area contributed by atoms with E-state index in [-0.39, 0.29) is 5.91 Å². The quantitative estimate of drug-likeness (QED) is 0.854. The Morgan fingerprint density at radius 1 is 1.19 bits per heavy atom. The van der Waals surface area contributed by atoms with Crippen molar-refractivity contribution in [3.05, 3.63) is 65.5 Å². The Hall–Kier alpha value is -2.20. The van der Waals surface area contributed by atoms with Crippen LogP contribution >= 0.6 is 0 Å². The van der Waals surface area contributed by atoms with E-state index in [0.29, 0.717) is 17.9 Å². The number of carbonyl (C=O) groups excluding carboxylic acids is 1. The van der Waals surface area contributed by atoms with Gasteiger partial charge in [0.1, 0.15) is 0 Å². The molecule has 1 aromatic heterocycles. The fraction of sp³-hybridized carbons (Fsp3) is 0.455. The van der Waals surface area contributed by atoms with E-state index in [1.165, 1.54) is 16.7 Å². The van der Waals surface area contributed by atoms with Gasteiger partial charge in [-0.2, -0.15) is 0 Å². The van der Waals surface area contributed by atoms with Gasteiger partial charge in [0, 0.05) is 63.4 Å². The van der Waals surface area contributed by atoms with Crippen molar-refractivity contribution in [2.24, 2.45) is 5.92 Å². The third-order valence-electron chi connectivity index (χ3n) is 6.05. The molecule has 2 aliphatic heterocycles. The van der Waals surface area contributed by atoms with Crippen molar-refractivity contribution in [3.8, 4) is 0 Å². The van der Waals surface area contributed by atoms with Gasteiger partial charge in [-0.15, -0.1) is 0 Å². The van der Waals surface area contributed by atoms with Crippen LogP contribution in [0.25, 0.3) is 0 Å². The highest BCUT2D eigenvalue weighted by molar-refractivity contribution is 5.74. The lowest BCUT2D eigenvalue weighted by molar-refractivity contribution is -0.130. The average molecular weight is 349 g/mol. The van der Waals surface area contributed by atoms with E-state index < -0.39 is 0 Å². The molecule has 3 atom stereocenters. The van der Waals surface area contributed by atoms with E-state index >= 15 is 0 Å². The molecule has 3 heterocycles. The predicted molar refractivity (Wildman–Crippen MR) is 103 cm³/mol. The minimum absolute atomic E-state index is 0.220. The number of piperidine rings is 1. The lowest BCUT2D eigenvalue weighted by Gasteiger charge is -2.38. The highest BCUT2D eigenvalue weighted by Gasteiger charge is 2.46. The van der Waals surface area contributed by atoms with Gasteiger partial charge in [0.05, 0.1) is 0 Å². The second-order valence-electron chi connectivity index (χ2n) is 7.80. The van der Waals surface area contributed by atoms with Gasteiger partial charge < -0.3 is 4.90 Å². The third-order valence-corrected chi connectivity index (χ3v) is 6.05. The number of aromatic nitrogens is 1. The van der Waals surface area contributed by atoms with Crippen LogP contribution in [0.1, 0.15) is 36.0 Å². The number of hydrogen-bond donors (Lipinski definition) is 0. The fourth-order valence-corrected chi connectivity index (χ4v) is 4.81. The lowest BCUT2D eigenvalue weighted by Crippen LogP contribution is -2.47. The Morgan fingerprint density at radius 3 is 2.73 bits per heavy atom. The summed E-state index contributed by atoms with van der Waals surface area (Å²) >= 11 is 0. The van der Waals surface area contributed by atoms with Crippen molar-refractivity contribution in [3.63, 3.8) is 0 Å². The van der Waals surface area contributed by atoms with Gasteiger partial charge in [-0.3, -0.25) is 14.7 Å². The van der Waals surface area contributed by atoms with Crippen LogP contribution in [-0.4, -0.2) is 46.4 Å². The maximum absolute atomic E-state index is 12.2. The van der Waals surface area contributed by atoms with E-state index in [0.717, 1.165) is 32.6 Å². The lowest BCUT2D eigenvalue weighted by atomic mass is 9.81. The molecule has 4 nitrogen and oxygen atoms in total. The summed E-state index contributed by atoms with van der Waals surface area (Å²) in [4.78, 5) is 21.0. The first-order valence-corrected chi connectivity index (χ1v) is 9.57. The van der Waals surface area contributed by atoms with Crippen molar-refractivity contribution in [2.45, 2.75) is 38.8 Å². The molecule has 2 aliphatic rings. The van der Waals surface area contributed by atoms with Gasteiger partial charge in [-0.1, -0.05) is 29.8 Å². The predicted octanol–water partition coefficient (Wildman–Crippen LogP) is 3.23. The number of benzene rings is 1. The molecule has 0 unspecified atom stereocenters. The molecule has 0 aliphatic carbocycles. The molecule has 0 bridgehead atoms. The zero-order valence-corrected chi connectivity index (χ0v) is 15.6. The number of fused-ring (bicyclic) bond motifs is 1. The molecule has 1 aromatic carbocycles. The third kappa shape index (κ3) is 3.38. The fourth-order valence-electron chi connectivity index (χ4n) is 4.81. The number of hydrogen-bond acceptors (Lipinski definition) is 3. The van der Waals surface area contributed by atoms with Crippen LogP contribution in [-0.2, 0) is 11.3 Å². The monoisotopic (exact) mass is 349 g/mol. The van der Waals surface area contributed by atoms with Crippen LogP contribution in [0.2, 0.25) is 0 Å². The summed E-state index contributed by atoms with van der Waals surface area (Å²) in [5.74, 6) is 1.16. The Morgan fingerprint density at radius 2 is 2.00 bits per heavy atom. The molecule has 26 heavy (non-hydrogen) atoms. The molecule has 0 radical (unpaired) electrons. The molecule has 2 fully saturated rings.